The molecule has 1 aliphatic heterocycles. The Morgan fingerprint density at radius 2 is 1.82 bits per heavy atom. The first-order valence-electron chi connectivity index (χ1n) is 11.2. The van der Waals surface area contributed by atoms with Crippen molar-refractivity contribution in [2.45, 2.75) is 62.8 Å². The Morgan fingerprint density at radius 3 is 2.46 bits per heavy atom. The second-order valence-electron chi connectivity index (χ2n) is 10.1. The van der Waals surface area contributed by atoms with Gasteiger partial charge >= 0.3 is 0 Å². The smallest absolute Gasteiger partial charge is 0.209 e. The average Bonchev–Trinajstić information content (AvgIpc) is 2.97. The molecule has 2 bridgehead atoms. The molecule has 4 nitrogen and oxygen atoms in total. The van der Waals surface area contributed by atoms with E-state index < -0.39 is 10.0 Å². The molecule has 0 radical (unpaired) electrons. The van der Waals surface area contributed by atoms with Crippen LogP contribution in [0.25, 0.3) is 0 Å². The highest BCUT2D eigenvalue weighted by Crippen LogP contribution is 2.51. The van der Waals surface area contributed by atoms with E-state index >= 15 is 0 Å². The summed E-state index contributed by atoms with van der Waals surface area (Å²) >= 11 is 0. The average molecular weight is 403 g/mol. The summed E-state index contributed by atoms with van der Waals surface area (Å²) in [5, 5.41) is 0. The lowest BCUT2D eigenvalue weighted by atomic mass is 9.64. The number of likely N-dealkylation sites (tertiary alicyclic amines) is 1. The first-order chi connectivity index (χ1) is 13.4. The third-order valence-electron chi connectivity index (χ3n) is 8.36. The van der Waals surface area contributed by atoms with Crippen LogP contribution in [0.1, 0.15) is 68.5 Å². The second-order valence-corrected chi connectivity index (χ2v) is 11.9. The highest BCUT2D eigenvalue weighted by molar-refractivity contribution is 7.88. The number of fused-ring (bicyclic) bond motifs is 5. The van der Waals surface area contributed by atoms with Gasteiger partial charge in [-0.3, -0.25) is 0 Å². The number of sulfonamides is 1. The summed E-state index contributed by atoms with van der Waals surface area (Å²) in [7, 11) is -3.20. The van der Waals surface area contributed by atoms with Crippen molar-refractivity contribution >= 4 is 10.0 Å². The van der Waals surface area contributed by atoms with Crippen molar-refractivity contribution in [3.63, 3.8) is 0 Å². The molecule has 0 unspecified atom stereocenters. The number of rotatable bonds is 4. The van der Waals surface area contributed by atoms with Gasteiger partial charge < -0.3 is 4.90 Å². The van der Waals surface area contributed by atoms with E-state index in [0.29, 0.717) is 0 Å². The summed E-state index contributed by atoms with van der Waals surface area (Å²) in [6.45, 7) is 3.62. The van der Waals surface area contributed by atoms with Gasteiger partial charge in [-0.1, -0.05) is 37.1 Å². The predicted octanol–water partition coefficient (Wildman–Crippen LogP) is 3.84. The summed E-state index contributed by atoms with van der Waals surface area (Å²) in [6.07, 6.45) is 11.9. The van der Waals surface area contributed by atoms with Crippen LogP contribution in [0.2, 0.25) is 0 Å². The summed E-state index contributed by atoms with van der Waals surface area (Å²) in [6, 6.07) is 8.47. The van der Waals surface area contributed by atoms with Gasteiger partial charge in [-0.25, -0.2) is 13.1 Å². The maximum Gasteiger partial charge on any atom is 0.209 e. The molecule has 0 aromatic heterocycles. The van der Waals surface area contributed by atoms with Crippen molar-refractivity contribution in [2.75, 3.05) is 25.9 Å². The van der Waals surface area contributed by atoms with Crippen LogP contribution < -0.4 is 4.72 Å². The molecule has 0 amide bonds. The van der Waals surface area contributed by atoms with Gasteiger partial charge in [0.15, 0.2) is 0 Å². The van der Waals surface area contributed by atoms with Gasteiger partial charge in [-0.05, 0) is 85.9 Å². The van der Waals surface area contributed by atoms with E-state index in [1.807, 2.05) is 6.07 Å². The summed E-state index contributed by atoms with van der Waals surface area (Å²) in [5.41, 5.74) is 2.75. The Bertz CT molecular complexity index is 821. The number of nitrogens with zero attached hydrogens (tertiary/aromatic N) is 1. The molecule has 6 rings (SSSR count). The van der Waals surface area contributed by atoms with E-state index in [-0.39, 0.29) is 11.5 Å². The molecule has 1 saturated heterocycles. The first kappa shape index (κ1) is 19.1. The Balaban J connectivity index is 1.28. The van der Waals surface area contributed by atoms with Crippen LogP contribution in [0.15, 0.2) is 24.3 Å². The quantitative estimate of drug-likeness (QED) is 0.832. The minimum absolute atomic E-state index is 0.0631. The number of hydrogen-bond acceptors (Lipinski definition) is 3. The normalized spacial score (nSPS) is 34.6. The maximum atomic E-state index is 11.9. The molecule has 3 saturated carbocycles. The molecule has 1 heterocycles. The number of piperidine rings is 1. The maximum absolute atomic E-state index is 11.9. The summed E-state index contributed by atoms with van der Waals surface area (Å²) in [5.74, 6) is 2.92. The Labute approximate surface area is 170 Å². The third-order valence-corrected chi connectivity index (χ3v) is 9.07. The number of hydrogen-bond donors (Lipinski definition) is 1. The van der Waals surface area contributed by atoms with Gasteiger partial charge in [0.1, 0.15) is 0 Å². The molecule has 1 aromatic carbocycles. The highest BCUT2D eigenvalue weighted by atomic mass is 32.2. The zero-order chi connectivity index (χ0) is 19.4. The van der Waals surface area contributed by atoms with Gasteiger partial charge in [0, 0.05) is 12.6 Å². The zero-order valence-electron chi connectivity index (χ0n) is 17.1. The van der Waals surface area contributed by atoms with E-state index in [9.17, 15) is 8.42 Å². The standard InChI is InChI=1S/C23H34N2O2S/c1-28(26,27)24-22-15-23(21-5-3-2-4-20(21)22)10-12-25(13-11-23)16-19-14-17-6-8-18(19)9-7-17/h2-5,17-19,22,24H,6-16H2,1H3/t17-,18-,19-,22-/m1/s1. The van der Waals surface area contributed by atoms with Crippen molar-refractivity contribution in [3.8, 4) is 0 Å². The van der Waals surface area contributed by atoms with E-state index in [2.05, 4.69) is 27.8 Å². The molecule has 1 aromatic rings. The molecular formula is C23H34N2O2S. The van der Waals surface area contributed by atoms with Gasteiger partial charge in [-0.2, -0.15) is 0 Å². The SMILES string of the molecule is CS(=O)(=O)N[C@@H]1CC2(CCN(C[C@H]3C[C@H]4CC[C@H]3CC4)CC2)c2ccccc21. The molecule has 1 N–H and O–H groups in total. The highest BCUT2D eigenvalue weighted by Gasteiger charge is 2.46. The van der Waals surface area contributed by atoms with Gasteiger partial charge in [-0.15, -0.1) is 0 Å². The van der Waals surface area contributed by atoms with Gasteiger partial charge in [0.05, 0.1) is 6.26 Å². The Hall–Kier alpha value is -0.910. The molecule has 5 aliphatic rings. The van der Waals surface area contributed by atoms with Gasteiger partial charge in [0.2, 0.25) is 10.0 Å². The molecule has 154 valence electrons. The van der Waals surface area contributed by atoms with Crippen molar-refractivity contribution in [1.29, 1.82) is 0 Å². The molecule has 1 spiro atoms. The van der Waals surface area contributed by atoms with Crippen LogP contribution in [-0.2, 0) is 15.4 Å². The minimum Gasteiger partial charge on any atom is -0.303 e. The zero-order valence-corrected chi connectivity index (χ0v) is 17.9. The fourth-order valence-corrected chi connectivity index (χ4v) is 7.69. The minimum atomic E-state index is -3.20. The largest absolute Gasteiger partial charge is 0.303 e. The van der Waals surface area contributed by atoms with Crippen LogP contribution in [0.4, 0.5) is 0 Å². The lowest BCUT2D eigenvalue weighted by molar-refractivity contribution is 0.0502. The molecule has 4 aliphatic carbocycles. The van der Waals surface area contributed by atoms with E-state index in [1.54, 1.807) is 0 Å². The first-order valence-corrected chi connectivity index (χ1v) is 13.1. The molecule has 28 heavy (non-hydrogen) atoms. The lowest BCUT2D eigenvalue weighted by Crippen LogP contribution is -2.46. The van der Waals surface area contributed by atoms with Gasteiger partial charge in [0.25, 0.3) is 0 Å². The van der Waals surface area contributed by atoms with Crippen LogP contribution in [0.5, 0.6) is 0 Å². The fraction of sp³-hybridized carbons (Fsp3) is 0.739. The molecule has 5 heteroatoms. The van der Waals surface area contributed by atoms with Crippen molar-refractivity contribution in [2.24, 2.45) is 17.8 Å². The lowest BCUT2D eigenvalue weighted by Gasteiger charge is -2.46. The monoisotopic (exact) mass is 402 g/mol. The third kappa shape index (κ3) is 3.54. The predicted molar refractivity (Wildman–Crippen MR) is 113 cm³/mol. The van der Waals surface area contributed by atoms with Crippen LogP contribution in [0, 0.1) is 17.8 Å². The number of benzene rings is 1. The van der Waals surface area contributed by atoms with E-state index in [4.69, 9.17) is 0 Å². The van der Waals surface area contributed by atoms with Crippen LogP contribution >= 0.6 is 0 Å². The van der Waals surface area contributed by atoms with Crippen molar-refractivity contribution < 1.29 is 8.42 Å². The second kappa shape index (κ2) is 7.10. The molecular weight excluding hydrogens is 368 g/mol. The fourth-order valence-electron chi connectivity index (χ4n) is 6.97. The van der Waals surface area contributed by atoms with Crippen molar-refractivity contribution in [3.05, 3.63) is 35.4 Å². The summed E-state index contributed by atoms with van der Waals surface area (Å²) in [4.78, 5) is 2.72. The Morgan fingerprint density at radius 1 is 1.11 bits per heavy atom. The van der Waals surface area contributed by atoms with Crippen LogP contribution in [-0.4, -0.2) is 39.2 Å². The van der Waals surface area contributed by atoms with Crippen LogP contribution in [0.3, 0.4) is 0 Å². The van der Waals surface area contributed by atoms with Crippen molar-refractivity contribution in [1.82, 2.24) is 9.62 Å². The molecule has 4 fully saturated rings. The topological polar surface area (TPSA) is 49.4 Å². The van der Waals surface area contributed by atoms with E-state index in [1.165, 1.54) is 56.0 Å². The Kier molecular flexibility index (Phi) is 4.84. The molecule has 2 atom stereocenters. The van der Waals surface area contributed by atoms with E-state index in [0.717, 1.165) is 50.1 Å². The summed E-state index contributed by atoms with van der Waals surface area (Å²) < 4.78 is 26.7. The number of nitrogens with one attached hydrogen (secondary N) is 1.